The van der Waals surface area contributed by atoms with Crippen LogP contribution in [0.2, 0.25) is 0 Å². The SMILES string of the molecule is CC(C)C(NC(=O)C(Cc1c[nH]c2ccccc12)NC(=O)C1CCCN1C(=O)C1CCCN1)C(=O)O. The third-order valence-electron chi connectivity index (χ3n) is 7.16. The van der Waals surface area contributed by atoms with E-state index in [1.165, 1.54) is 0 Å². The molecule has 0 saturated carbocycles. The molecule has 0 bridgehead atoms. The average Bonchev–Trinajstić information content (AvgIpc) is 3.62. The number of hydrogen-bond donors (Lipinski definition) is 5. The number of nitrogens with one attached hydrogen (secondary N) is 4. The molecular weight excluding hydrogens is 462 g/mol. The van der Waals surface area contributed by atoms with Gasteiger partial charge in [0.1, 0.15) is 18.1 Å². The first-order chi connectivity index (χ1) is 17.3. The normalized spacial score (nSPS) is 21.5. The van der Waals surface area contributed by atoms with Gasteiger partial charge in [0, 0.05) is 30.1 Å². The maximum atomic E-state index is 13.4. The van der Waals surface area contributed by atoms with Crippen molar-refractivity contribution >= 4 is 34.6 Å². The minimum atomic E-state index is -1.13. The van der Waals surface area contributed by atoms with Crippen molar-refractivity contribution in [1.82, 2.24) is 25.8 Å². The number of H-pyrrole nitrogens is 1. The molecule has 2 aromatic rings. The average molecular weight is 498 g/mol. The zero-order valence-electron chi connectivity index (χ0n) is 20.8. The second-order valence-corrected chi connectivity index (χ2v) is 10.0. The van der Waals surface area contributed by atoms with Crippen LogP contribution in [-0.4, -0.2) is 75.9 Å². The Hall–Kier alpha value is -3.40. The fraction of sp³-hybridized carbons (Fsp3) is 0.538. The topological polar surface area (TPSA) is 144 Å². The molecule has 5 N–H and O–H groups in total. The van der Waals surface area contributed by atoms with Crippen LogP contribution in [0.3, 0.4) is 0 Å². The Labute approximate surface area is 210 Å². The highest BCUT2D eigenvalue weighted by molar-refractivity contribution is 5.95. The van der Waals surface area contributed by atoms with Crippen molar-refractivity contribution in [2.75, 3.05) is 13.1 Å². The van der Waals surface area contributed by atoms with Crippen LogP contribution < -0.4 is 16.0 Å². The largest absolute Gasteiger partial charge is 0.480 e. The van der Waals surface area contributed by atoms with Crippen LogP contribution in [-0.2, 0) is 25.6 Å². The number of para-hydroxylation sites is 1. The minimum absolute atomic E-state index is 0.0754. The molecule has 36 heavy (non-hydrogen) atoms. The lowest BCUT2D eigenvalue weighted by Gasteiger charge is -2.29. The molecule has 2 aliphatic heterocycles. The summed E-state index contributed by atoms with van der Waals surface area (Å²) < 4.78 is 0. The van der Waals surface area contributed by atoms with Crippen LogP contribution in [0.5, 0.6) is 0 Å². The van der Waals surface area contributed by atoms with Gasteiger partial charge in [-0.05, 0) is 49.8 Å². The van der Waals surface area contributed by atoms with Crippen molar-refractivity contribution in [2.45, 2.75) is 70.1 Å². The highest BCUT2D eigenvalue weighted by Gasteiger charge is 2.39. The van der Waals surface area contributed by atoms with Gasteiger partial charge in [-0.3, -0.25) is 14.4 Å². The molecule has 2 fully saturated rings. The van der Waals surface area contributed by atoms with Crippen molar-refractivity contribution in [3.63, 3.8) is 0 Å². The lowest BCUT2D eigenvalue weighted by atomic mass is 10.0. The number of amides is 3. The number of carbonyl (C=O) groups excluding carboxylic acids is 3. The number of aromatic nitrogens is 1. The first-order valence-corrected chi connectivity index (χ1v) is 12.7. The predicted molar refractivity (Wildman–Crippen MR) is 134 cm³/mol. The van der Waals surface area contributed by atoms with Crippen molar-refractivity contribution in [3.05, 3.63) is 36.0 Å². The van der Waals surface area contributed by atoms with E-state index in [-0.39, 0.29) is 24.3 Å². The summed E-state index contributed by atoms with van der Waals surface area (Å²) in [5, 5.41) is 19.1. The number of likely N-dealkylation sites (tertiary alicyclic amines) is 1. The van der Waals surface area contributed by atoms with Crippen molar-refractivity contribution < 1.29 is 24.3 Å². The van der Waals surface area contributed by atoms with Gasteiger partial charge in [-0.15, -0.1) is 0 Å². The van der Waals surface area contributed by atoms with E-state index in [1.807, 2.05) is 24.3 Å². The van der Waals surface area contributed by atoms with E-state index in [0.717, 1.165) is 35.9 Å². The number of carboxylic acids is 1. The summed E-state index contributed by atoms with van der Waals surface area (Å²) in [7, 11) is 0. The highest BCUT2D eigenvalue weighted by atomic mass is 16.4. The van der Waals surface area contributed by atoms with E-state index in [2.05, 4.69) is 20.9 Å². The molecule has 2 saturated heterocycles. The summed E-state index contributed by atoms with van der Waals surface area (Å²) in [4.78, 5) is 56.2. The maximum absolute atomic E-state index is 13.4. The van der Waals surface area contributed by atoms with Crippen LogP contribution in [0.25, 0.3) is 10.9 Å². The molecule has 0 spiro atoms. The van der Waals surface area contributed by atoms with Crippen LogP contribution in [0, 0.1) is 5.92 Å². The lowest BCUT2D eigenvalue weighted by Crippen LogP contribution is -2.57. The number of aliphatic carboxylic acids is 1. The van der Waals surface area contributed by atoms with Gasteiger partial charge < -0.3 is 30.9 Å². The van der Waals surface area contributed by atoms with Gasteiger partial charge >= 0.3 is 5.97 Å². The van der Waals surface area contributed by atoms with E-state index < -0.39 is 35.9 Å². The molecule has 10 nitrogen and oxygen atoms in total. The third-order valence-corrected chi connectivity index (χ3v) is 7.16. The van der Waals surface area contributed by atoms with Gasteiger partial charge in [-0.2, -0.15) is 0 Å². The summed E-state index contributed by atoms with van der Waals surface area (Å²) in [5.74, 6) is -2.50. The zero-order chi connectivity index (χ0) is 25.8. The fourth-order valence-corrected chi connectivity index (χ4v) is 5.16. The van der Waals surface area contributed by atoms with E-state index in [0.29, 0.717) is 19.4 Å². The minimum Gasteiger partial charge on any atom is -0.480 e. The number of carboxylic acid groups (broad SMARTS) is 1. The Morgan fingerprint density at radius 1 is 1.11 bits per heavy atom. The molecule has 10 heteroatoms. The highest BCUT2D eigenvalue weighted by Crippen LogP contribution is 2.22. The number of nitrogens with zero attached hydrogens (tertiary/aromatic N) is 1. The summed E-state index contributed by atoms with van der Waals surface area (Å²) in [6, 6.07) is 4.63. The van der Waals surface area contributed by atoms with Crippen LogP contribution >= 0.6 is 0 Å². The van der Waals surface area contributed by atoms with Crippen molar-refractivity contribution in [2.24, 2.45) is 5.92 Å². The monoisotopic (exact) mass is 497 g/mol. The quantitative estimate of drug-likeness (QED) is 0.352. The molecule has 4 unspecified atom stereocenters. The van der Waals surface area contributed by atoms with Crippen LogP contribution in [0.1, 0.15) is 45.1 Å². The van der Waals surface area contributed by atoms with E-state index in [1.54, 1.807) is 24.9 Å². The molecule has 3 amide bonds. The van der Waals surface area contributed by atoms with Gasteiger partial charge in [-0.25, -0.2) is 4.79 Å². The fourth-order valence-electron chi connectivity index (χ4n) is 5.16. The molecule has 0 radical (unpaired) electrons. The Morgan fingerprint density at radius 3 is 2.58 bits per heavy atom. The molecule has 4 rings (SSSR count). The summed E-state index contributed by atoms with van der Waals surface area (Å²) >= 11 is 0. The molecule has 1 aromatic heterocycles. The molecule has 2 aliphatic rings. The van der Waals surface area contributed by atoms with E-state index >= 15 is 0 Å². The van der Waals surface area contributed by atoms with Gasteiger partial charge in [0.15, 0.2) is 0 Å². The van der Waals surface area contributed by atoms with Crippen LogP contribution in [0.4, 0.5) is 0 Å². The number of rotatable bonds is 9. The molecule has 3 heterocycles. The lowest BCUT2D eigenvalue weighted by molar-refractivity contribution is -0.144. The van der Waals surface area contributed by atoms with E-state index in [9.17, 15) is 24.3 Å². The van der Waals surface area contributed by atoms with Crippen molar-refractivity contribution in [3.8, 4) is 0 Å². The number of carbonyl (C=O) groups is 4. The molecule has 194 valence electrons. The summed E-state index contributed by atoms with van der Waals surface area (Å²) in [6.45, 7) is 4.72. The standard InChI is InChI=1S/C26H35N5O5/c1-15(2)22(26(35)36)30-23(32)20(13-16-14-28-18-8-4-3-7-17(16)18)29-24(33)21-10-6-12-31(21)25(34)19-9-5-11-27-19/h3-4,7-8,14-15,19-22,27-28H,5-6,9-13H2,1-2H3,(H,29,33)(H,30,32)(H,35,36). The first-order valence-electron chi connectivity index (χ1n) is 12.7. The molecule has 0 aliphatic carbocycles. The smallest absolute Gasteiger partial charge is 0.326 e. The maximum Gasteiger partial charge on any atom is 0.326 e. The number of hydrogen-bond acceptors (Lipinski definition) is 5. The first kappa shape index (κ1) is 25.7. The van der Waals surface area contributed by atoms with Crippen molar-refractivity contribution in [1.29, 1.82) is 0 Å². The molecular formula is C26H35N5O5. The van der Waals surface area contributed by atoms with Crippen LogP contribution in [0.15, 0.2) is 30.5 Å². The second-order valence-electron chi connectivity index (χ2n) is 10.0. The number of benzene rings is 1. The number of fused-ring (bicyclic) bond motifs is 1. The Bertz CT molecular complexity index is 1120. The second kappa shape index (κ2) is 11.1. The van der Waals surface area contributed by atoms with Gasteiger partial charge in [0.2, 0.25) is 17.7 Å². The van der Waals surface area contributed by atoms with Gasteiger partial charge in [-0.1, -0.05) is 32.0 Å². The predicted octanol–water partition coefficient (Wildman–Crippen LogP) is 1.16. The third kappa shape index (κ3) is 5.53. The molecule has 1 aromatic carbocycles. The Morgan fingerprint density at radius 2 is 1.89 bits per heavy atom. The summed E-state index contributed by atoms with van der Waals surface area (Å²) in [5.41, 5.74) is 1.73. The van der Waals surface area contributed by atoms with Gasteiger partial charge in [0.25, 0.3) is 0 Å². The Balaban J connectivity index is 1.54. The zero-order valence-corrected chi connectivity index (χ0v) is 20.8. The molecule has 4 atom stereocenters. The van der Waals surface area contributed by atoms with E-state index in [4.69, 9.17) is 0 Å². The number of aromatic amines is 1. The van der Waals surface area contributed by atoms with Gasteiger partial charge in [0.05, 0.1) is 6.04 Å². The Kier molecular flexibility index (Phi) is 7.93. The summed E-state index contributed by atoms with van der Waals surface area (Å²) in [6.07, 6.45) is 4.89.